The van der Waals surface area contributed by atoms with Crippen LogP contribution < -0.4 is 10.1 Å². The van der Waals surface area contributed by atoms with Gasteiger partial charge in [-0.25, -0.2) is 9.97 Å². The highest BCUT2D eigenvalue weighted by Crippen LogP contribution is 2.26. The molecule has 0 unspecified atom stereocenters. The fourth-order valence-electron chi connectivity index (χ4n) is 2.69. The second kappa shape index (κ2) is 8.07. The Morgan fingerprint density at radius 1 is 1.00 bits per heavy atom. The van der Waals surface area contributed by atoms with E-state index in [1.807, 2.05) is 18.2 Å². The van der Waals surface area contributed by atoms with Gasteiger partial charge in [-0.15, -0.1) is 13.2 Å². The lowest BCUT2D eigenvalue weighted by Gasteiger charge is -2.15. The number of nitrogens with zero attached hydrogens (tertiary/aromatic N) is 2. The van der Waals surface area contributed by atoms with Gasteiger partial charge < -0.3 is 10.1 Å². The Balaban J connectivity index is 1.68. The Kier molecular flexibility index (Phi) is 5.59. The van der Waals surface area contributed by atoms with Crippen molar-refractivity contribution in [1.82, 2.24) is 9.97 Å². The number of hydrogen-bond acceptors (Lipinski definition) is 4. The molecule has 3 rings (SSSR count). The monoisotopic (exact) mass is 373 g/mol. The van der Waals surface area contributed by atoms with E-state index in [1.54, 1.807) is 6.07 Å². The summed E-state index contributed by atoms with van der Waals surface area (Å²) in [6, 6.07) is 17.6. The van der Waals surface area contributed by atoms with Crippen molar-refractivity contribution < 1.29 is 17.9 Å². The van der Waals surface area contributed by atoms with E-state index >= 15 is 0 Å². The molecule has 0 spiro atoms. The van der Waals surface area contributed by atoms with Crippen molar-refractivity contribution in [3.05, 3.63) is 72.6 Å². The molecule has 1 aromatic heterocycles. The van der Waals surface area contributed by atoms with Gasteiger partial charge in [-0.1, -0.05) is 30.3 Å². The van der Waals surface area contributed by atoms with Crippen LogP contribution in [0.5, 0.6) is 5.75 Å². The van der Waals surface area contributed by atoms with Crippen molar-refractivity contribution in [1.29, 1.82) is 0 Å². The molecule has 0 aliphatic carbocycles. The number of anilines is 1. The molecular weight excluding hydrogens is 355 g/mol. The van der Waals surface area contributed by atoms with Gasteiger partial charge >= 0.3 is 6.36 Å². The van der Waals surface area contributed by atoms with Crippen LogP contribution in [0, 0.1) is 0 Å². The molecule has 4 nitrogen and oxygen atoms in total. The average Bonchev–Trinajstić information content (AvgIpc) is 2.62. The highest BCUT2D eigenvalue weighted by atomic mass is 19.4. The van der Waals surface area contributed by atoms with E-state index in [0.717, 1.165) is 6.42 Å². The summed E-state index contributed by atoms with van der Waals surface area (Å²) in [5.41, 5.74) is 2.50. The molecule has 3 aromatic rings. The fourth-order valence-corrected chi connectivity index (χ4v) is 2.69. The zero-order chi connectivity index (χ0) is 19.3. The topological polar surface area (TPSA) is 47.0 Å². The van der Waals surface area contributed by atoms with E-state index in [4.69, 9.17) is 0 Å². The van der Waals surface area contributed by atoms with Gasteiger partial charge in [0, 0.05) is 17.7 Å². The molecule has 7 heteroatoms. The molecule has 1 atom stereocenters. The Bertz CT molecular complexity index is 868. The van der Waals surface area contributed by atoms with Gasteiger partial charge in [0.25, 0.3) is 0 Å². The Morgan fingerprint density at radius 2 is 1.70 bits per heavy atom. The molecule has 0 radical (unpaired) electrons. The number of ether oxygens (including phenoxy) is 1. The third kappa shape index (κ3) is 5.70. The predicted molar refractivity (Wildman–Crippen MR) is 97.4 cm³/mol. The van der Waals surface area contributed by atoms with Crippen molar-refractivity contribution in [3.63, 3.8) is 0 Å². The zero-order valence-electron chi connectivity index (χ0n) is 14.6. The summed E-state index contributed by atoms with van der Waals surface area (Å²) < 4.78 is 40.6. The van der Waals surface area contributed by atoms with Gasteiger partial charge in [-0.05, 0) is 43.2 Å². The quantitative estimate of drug-likeness (QED) is 0.654. The number of aromatic nitrogens is 2. The Hall–Kier alpha value is -3.09. The molecule has 1 heterocycles. The molecular formula is C20H18F3N3O. The minimum absolute atomic E-state index is 0.151. The smallest absolute Gasteiger partial charge is 0.406 e. The number of benzene rings is 2. The maximum absolute atomic E-state index is 12.2. The normalized spacial score (nSPS) is 12.4. The first-order chi connectivity index (χ1) is 12.9. The van der Waals surface area contributed by atoms with Crippen LogP contribution in [0.3, 0.4) is 0 Å². The van der Waals surface area contributed by atoms with Crippen molar-refractivity contribution >= 4 is 5.82 Å². The number of alkyl halides is 3. The second-order valence-corrected chi connectivity index (χ2v) is 6.10. The van der Waals surface area contributed by atoms with Gasteiger partial charge in [0.15, 0.2) is 0 Å². The molecule has 2 aromatic carbocycles. The summed E-state index contributed by atoms with van der Waals surface area (Å²) in [7, 11) is 0. The summed E-state index contributed by atoms with van der Waals surface area (Å²) in [6.07, 6.45) is -2.45. The van der Waals surface area contributed by atoms with Crippen LogP contribution in [0.4, 0.5) is 19.0 Å². The van der Waals surface area contributed by atoms with Gasteiger partial charge in [0.2, 0.25) is 0 Å². The minimum Gasteiger partial charge on any atom is -0.406 e. The highest BCUT2D eigenvalue weighted by molar-refractivity contribution is 5.63. The SMILES string of the molecule is C[C@H](Cc1ccccc1)Nc1cc(-c2ccc(OC(F)(F)F)cc2)ncn1. The van der Waals surface area contributed by atoms with Crippen molar-refractivity contribution in [3.8, 4) is 17.0 Å². The molecule has 1 N–H and O–H groups in total. The van der Waals surface area contributed by atoms with Gasteiger partial charge in [-0.3, -0.25) is 0 Å². The second-order valence-electron chi connectivity index (χ2n) is 6.10. The number of rotatable bonds is 6. The largest absolute Gasteiger partial charge is 0.573 e. The van der Waals surface area contributed by atoms with E-state index in [0.29, 0.717) is 17.1 Å². The lowest BCUT2D eigenvalue weighted by atomic mass is 10.1. The van der Waals surface area contributed by atoms with E-state index in [-0.39, 0.29) is 11.8 Å². The molecule has 0 saturated carbocycles. The van der Waals surface area contributed by atoms with Gasteiger partial charge in [0.05, 0.1) is 5.69 Å². The van der Waals surface area contributed by atoms with Crippen molar-refractivity contribution in [2.45, 2.75) is 25.7 Å². The summed E-state index contributed by atoms with van der Waals surface area (Å²) >= 11 is 0. The molecule has 140 valence electrons. The highest BCUT2D eigenvalue weighted by Gasteiger charge is 2.30. The summed E-state index contributed by atoms with van der Waals surface area (Å²) in [5.74, 6) is 0.384. The fraction of sp³-hybridized carbons (Fsp3) is 0.200. The van der Waals surface area contributed by atoms with E-state index in [2.05, 4.69) is 39.1 Å². The number of hydrogen-bond donors (Lipinski definition) is 1. The van der Waals surface area contributed by atoms with Gasteiger partial charge in [-0.2, -0.15) is 0 Å². The van der Waals surface area contributed by atoms with Gasteiger partial charge in [0.1, 0.15) is 17.9 Å². The lowest BCUT2D eigenvalue weighted by molar-refractivity contribution is -0.274. The summed E-state index contributed by atoms with van der Waals surface area (Å²) in [6.45, 7) is 2.05. The third-order valence-electron chi connectivity index (χ3n) is 3.83. The van der Waals surface area contributed by atoms with E-state index < -0.39 is 6.36 Å². The van der Waals surface area contributed by atoms with Crippen LogP contribution in [0.25, 0.3) is 11.3 Å². The zero-order valence-corrected chi connectivity index (χ0v) is 14.6. The molecule has 0 saturated heterocycles. The van der Waals surface area contributed by atoms with Crippen LogP contribution in [0.1, 0.15) is 12.5 Å². The average molecular weight is 373 g/mol. The van der Waals surface area contributed by atoms with E-state index in [1.165, 1.54) is 36.2 Å². The van der Waals surface area contributed by atoms with E-state index in [9.17, 15) is 13.2 Å². The summed E-state index contributed by atoms with van der Waals surface area (Å²) in [5, 5.41) is 3.32. The molecule has 27 heavy (non-hydrogen) atoms. The number of nitrogens with one attached hydrogen (secondary N) is 1. The third-order valence-corrected chi connectivity index (χ3v) is 3.83. The van der Waals surface area contributed by atoms with Crippen LogP contribution in [0.2, 0.25) is 0 Å². The Labute approximate surface area is 155 Å². The van der Waals surface area contributed by atoms with Crippen molar-refractivity contribution in [2.24, 2.45) is 0 Å². The van der Waals surface area contributed by atoms with Crippen LogP contribution in [-0.2, 0) is 6.42 Å². The molecule has 0 aliphatic rings. The Morgan fingerprint density at radius 3 is 2.37 bits per heavy atom. The first-order valence-corrected chi connectivity index (χ1v) is 8.38. The molecule has 0 bridgehead atoms. The maximum atomic E-state index is 12.2. The molecule has 0 amide bonds. The van der Waals surface area contributed by atoms with Crippen LogP contribution >= 0.6 is 0 Å². The lowest BCUT2D eigenvalue weighted by Crippen LogP contribution is -2.18. The first-order valence-electron chi connectivity index (χ1n) is 8.38. The standard InChI is InChI=1S/C20H18F3N3O/c1-14(11-15-5-3-2-4-6-15)26-19-12-18(24-13-25-19)16-7-9-17(10-8-16)27-20(21,22)23/h2-10,12-14H,11H2,1H3,(H,24,25,26)/t14-/m1/s1. The first kappa shape index (κ1) is 18.7. The maximum Gasteiger partial charge on any atom is 0.573 e. The number of halogens is 3. The van der Waals surface area contributed by atoms with Crippen LogP contribution in [-0.4, -0.2) is 22.4 Å². The van der Waals surface area contributed by atoms with Crippen molar-refractivity contribution in [2.75, 3.05) is 5.32 Å². The summed E-state index contributed by atoms with van der Waals surface area (Å²) in [4.78, 5) is 8.41. The van der Waals surface area contributed by atoms with Crippen LogP contribution in [0.15, 0.2) is 67.0 Å². The molecule has 0 fully saturated rings. The predicted octanol–water partition coefficient (Wildman–Crippen LogP) is 5.09. The molecule has 0 aliphatic heterocycles. The minimum atomic E-state index is -4.71.